The molecule has 2 rings (SSSR count). The van der Waals surface area contributed by atoms with E-state index in [1.165, 1.54) is 22.4 Å². The number of hydrogen-bond acceptors (Lipinski definition) is 2. The van der Waals surface area contributed by atoms with Crippen molar-refractivity contribution < 1.29 is 0 Å². The van der Waals surface area contributed by atoms with E-state index in [1.807, 2.05) is 11.7 Å². The van der Waals surface area contributed by atoms with Gasteiger partial charge in [-0.15, -0.1) is 0 Å². The summed E-state index contributed by atoms with van der Waals surface area (Å²) in [5.74, 6) is 0. The van der Waals surface area contributed by atoms with Crippen molar-refractivity contribution in [1.82, 2.24) is 15.1 Å². The van der Waals surface area contributed by atoms with Crippen LogP contribution in [0, 0.1) is 20.8 Å². The second kappa shape index (κ2) is 6.90. The van der Waals surface area contributed by atoms with Crippen LogP contribution in [0.25, 0.3) is 0 Å². The molecule has 0 fully saturated rings. The molecule has 2 aromatic rings. The molecule has 0 saturated heterocycles. The van der Waals surface area contributed by atoms with E-state index in [4.69, 9.17) is 0 Å². The summed E-state index contributed by atoms with van der Waals surface area (Å²) in [4.78, 5) is 0. The van der Waals surface area contributed by atoms with Crippen LogP contribution in [0.15, 0.2) is 24.3 Å². The maximum atomic E-state index is 4.49. The number of hydrogen-bond donors (Lipinski definition) is 1. The molecule has 1 unspecified atom stereocenters. The van der Waals surface area contributed by atoms with E-state index in [0.29, 0.717) is 6.04 Å². The van der Waals surface area contributed by atoms with Crippen LogP contribution in [0.5, 0.6) is 0 Å². The predicted octanol–water partition coefficient (Wildman–Crippen LogP) is 3.63. The van der Waals surface area contributed by atoms with Crippen molar-refractivity contribution in [3.63, 3.8) is 0 Å². The zero-order valence-corrected chi connectivity index (χ0v) is 13.9. The Labute approximate surface area is 128 Å². The Morgan fingerprint density at radius 2 is 1.76 bits per heavy atom. The van der Waals surface area contributed by atoms with Gasteiger partial charge in [-0.2, -0.15) is 5.10 Å². The molecule has 0 saturated carbocycles. The number of nitrogens with zero attached hydrogens (tertiary/aromatic N) is 2. The van der Waals surface area contributed by atoms with Crippen molar-refractivity contribution in [2.45, 2.75) is 46.6 Å². The average Bonchev–Trinajstić information content (AvgIpc) is 2.72. The van der Waals surface area contributed by atoms with E-state index in [0.717, 1.165) is 25.1 Å². The summed E-state index contributed by atoms with van der Waals surface area (Å²) in [6.45, 7) is 9.62. The van der Waals surface area contributed by atoms with Crippen LogP contribution in [-0.4, -0.2) is 16.3 Å². The van der Waals surface area contributed by atoms with Crippen molar-refractivity contribution in [3.05, 3.63) is 52.3 Å². The lowest BCUT2D eigenvalue weighted by Gasteiger charge is -2.19. The van der Waals surface area contributed by atoms with E-state index in [1.54, 1.807) is 0 Å². The minimum Gasteiger partial charge on any atom is -0.308 e. The van der Waals surface area contributed by atoms with Crippen molar-refractivity contribution in [2.24, 2.45) is 7.05 Å². The first-order valence-corrected chi connectivity index (χ1v) is 7.80. The highest BCUT2D eigenvalue weighted by atomic mass is 15.3. The highest BCUT2D eigenvalue weighted by Crippen LogP contribution is 2.21. The molecule has 1 N–H and O–H groups in total. The monoisotopic (exact) mass is 285 g/mol. The largest absolute Gasteiger partial charge is 0.308 e. The van der Waals surface area contributed by atoms with Crippen LogP contribution in [0.4, 0.5) is 0 Å². The summed E-state index contributed by atoms with van der Waals surface area (Å²) >= 11 is 0. The summed E-state index contributed by atoms with van der Waals surface area (Å²) in [6, 6.07) is 9.31. The van der Waals surface area contributed by atoms with Gasteiger partial charge in [-0.25, -0.2) is 0 Å². The van der Waals surface area contributed by atoms with Gasteiger partial charge >= 0.3 is 0 Å². The lowest BCUT2D eigenvalue weighted by molar-refractivity contribution is 0.493. The number of aryl methyl sites for hydroxylation is 4. The van der Waals surface area contributed by atoms with Gasteiger partial charge < -0.3 is 5.32 Å². The van der Waals surface area contributed by atoms with Crippen molar-refractivity contribution in [3.8, 4) is 0 Å². The molecule has 21 heavy (non-hydrogen) atoms. The van der Waals surface area contributed by atoms with E-state index >= 15 is 0 Å². The summed E-state index contributed by atoms with van der Waals surface area (Å²) in [5.41, 5.74) is 6.40. The van der Waals surface area contributed by atoms with Gasteiger partial charge in [-0.05, 0) is 51.8 Å². The van der Waals surface area contributed by atoms with Crippen LogP contribution in [-0.2, 0) is 13.5 Å². The second-order valence-electron chi connectivity index (χ2n) is 6.04. The molecule has 1 aromatic carbocycles. The van der Waals surface area contributed by atoms with Crippen LogP contribution in [0.1, 0.15) is 47.5 Å². The van der Waals surface area contributed by atoms with Gasteiger partial charge in [-0.1, -0.05) is 36.2 Å². The molecule has 0 aliphatic carbocycles. The predicted molar refractivity (Wildman–Crippen MR) is 88.6 cm³/mol. The molecule has 0 amide bonds. The number of nitrogens with one attached hydrogen (secondary N) is 1. The summed E-state index contributed by atoms with van der Waals surface area (Å²) in [5, 5.41) is 8.16. The molecule has 0 aliphatic heterocycles. The first kappa shape index (κ1) is 15.8. The van der Waals surface area contributed by atoms with Crippen LogP contribution >= 0.6 is 0 Å². The summed E-state index contributed by atoms with van der Waals surface area (Å²) in [7, 11) is 2.03. The van der Waals surface area contributed by atoms with Gasteiger partial charge in [0.2, 0.25) is 0 Å². The van der Waals surface area contributed by atoms with Crippen molar-refractivity contribution in [1.29, 1.82) is 0 Å². The van der Waals surface area contributed by atoms with Crippen molar-refractivity contribution >= 4 is 0 Å². The number of benzene rings is 1. The van der Waals surface area contributed by atoms with Crippen LogP contribution in [0.2, 0.25) is 0 Å². The zero-order valence-electron chi connectivity index (χ0n) is 13.9. The van der Waals surface area contributed by atoms with Crippen LogP contribution in [0.3, 0.4) is 0 Å². The first-order chi connectivity index (χ1) is 9.99. The third-order valence-electron chi connectivity index (χ3n) is 3.76. The summed E-state index contributed by atoms with van der Waals surface area (Å²) in [6.07, 6.45) is 2.14. The Morgan fingerprint density at radius 1 is 1.10 bits per heavy atom. The van der Waals surface area contributed by atoms with Gasteiger partial charge in [-0.3, -0.25) is 4.68 Å². The quantitative estimate of drug-likeness (QED) is 0.878. The molecule has 1 heterocycles. The topological polar surface area (TPSA) is 29.9 Å². The maximum absolute atomic E-state index is 4.49. The molecule has 0 bridgehead atoms. The minimum atomic E-state index is 0.317. The number of aromatic nitrogens is 2. The molecule has 1 atom stereocenters. The van der Waals surface area contributed by atoms with Crippen molar-refractivity contribution in [2.75, 3.05) is 6.54 Å². The summed E-state index contributed by atoms with van der Waals surface area (Å²) < 4.78 is 2.01. The molecular weight excluding hydrogens is 258 g/mol. The molecule has 0 spiro atoms. The fourth-order valence-electron chi connectivity index (χ4n) is 2.98. The Kier molecular flexibility index (Phi) is 5.18. The lowest BCUT2D eigenvalue weighted by atomic mass is 9.99. The molecule has 3 heteroatoms. The normalized spacial score (nSPS) is 12.6. The van der Waals surface area contributed by atoms with E-state index in [-0.39, 0.29) is 0 Å². The molecule has 0 aliphatic rings. The second-order valence-corrected chi connectivity index (χ2v) is 6.04. The van der Waals surface area contributed by atoms with E-state index in [9.17, 15) is 0 Å². The molecule has 3 nitrogen and oxygen atoms in total. The van der Waals surface area contributed by atoms with Gasteiger partial charge in [0, 0.05) is 7.05 Å². The van der Waals surface area contributed by atoms with Gasteiger partial charge in [0.05, 0.1) is 17.4 Å². The van der Waals surface area contributed by atoms with Gasteiger partial charge in [0.25, 0.3) is 0 Å². The van der Waals surface area contributed by atoms with Gasteiger partial charge in [0.1, 0.15) is 0 Å². The highest BCUT2D eigenvalue weighted by molar-refractivity contribution is 5.30. The van der Waals surface area contributed by atoms with E-state index in [2.05, 4.69) is 62.4 Å². The smallest absolute Gasteiger partial charge is 0.0597 e. The molecule has 114 valence electrons. The zero-order chi connectivity index (χ0) is 15.4. The fourth-order valence-corrected chi connectivity index (χ4v) is 2.98. The highest BCUT2D eigenvalue weighted by Gasteiger charge is 2.16. The maximum Gasteiger partial charge on any atom is 0.0597 e. The molecule has 1 aromatic heterocycles. The lowest BCUT2D eigenvalue weighted by Crippen LogP contribution is -2.26. The standard InChI is InChI=1S/C18H27N3/c1-6-7-19-17(18-11-15(4)20-21(18)5)12-16-9-13(2)8-14(3)10-16/h8-11,17,19H,6-7,12H2,1-5H3. The first-order valence-electron chi connectivity index (χ1n) is 7.80. The third-order valence-corrected chi connectivity index (χ3v) is 3.76. The average molecular weight is 285 g/mol. The number of rotatable bonds is 6. The van der Waals surface area contributed by atoms with Crippen LogP contribution < -0.4 is 5.32 Å². The molecular formula is C18H27N3. The van der Waals surface area contributed by atoms with E-state index < -0.39 is 0 Å². The third kappa shape index (κ3) is 4.18. The Hall–Kier alpha value is -1.61. The Morgan fingerprint density at radius 3 is 2.29 bits per heavy atom. The fraction of sp³-hybridized carbons (Fsp3) is 0.500. The Bertz CT molecular complexity index is 578. The van der Waals surface area contributed by atoms with Gasteiger partial charge in [0.15, 0.2) is 0 Å². The molecule has 0 radical (unpaired) electrons. The Balaban J connectivity index is 2.25. The minimum absolute atomic E-state index is 0.317. The SMILES string of the molecule is CCCNC(Cc1cc(C)cc(C)c1)c1cc(C)nn1C.